The Labute approximate surface area is 269 Å². The van der Waals surface area contributed by atoms with E-state index in [1.165, 1.54) is 66.3 Å². The lowest BCUT2D eigenvalue weighted by molar-refractivity contribution is 1.07. The standard InChI is InChI=1S/C19H16N2.C14H12.C6H6BrN.CH4/c1-13-7-8-16-15-5-3-4-6-17(15)21(18(16)11-13)19-12-14(2)9-10-20-19;1-10-6-7-14-12(8-10)9-11-4-2-3-5-13(11)14;1-5-2-3-8-6(7)4-5;/h3-12H,1-2H3;2-8H,9H2,1H3;2-4H,1H3;1H4. The van der Waals surface area contributed by atoms with E-state index in [1.807, 2.05) is 31.3 Å². The Morgan fingerprint density at radius 1 is 0.545 bits per heavy atom. The molecule has 8 rings (SSSR count). The Kier molecular flexibility index (Phi) is 9.41. The number of para-hydroxylation sites is 1. The zero-order chi connectivity index (χ0) is 29.9. The van der Waals surface area contributed by atoms with Crippen LogP contribution in [0.1, 0.15) is 40.8 Å². The minimum absolute atomic E-state index is 0. The average Bonchev–Trinajstić information content (AvgIpc) is 3.52. The summed E-state index contributed by atoms with van der Waals surface area (Å²) in [7, 11) is 0. The molecule has 44 heavy (non-hydrogen) atoms. The third-order valence-corrected chi connectivity index (χ3v) is 8.22. The number of nitrogens with zero attached hydrogens (tertiary/aromatic N) is 3. The highest BCUT2D eigenvalue weighted by Gasteiger charge is 2.17. The van der Waals surface area contributed by atoms with Crippen molar-refractivity contribution >= 4 is 37.7 Å². The summed E-state index contributed by atoms with van der Waals surface area (Å²) in [6, 6.07) is 38.7. The van der Waals surface area contributed by atoms with Crippen LogP contribution in [0.3, 0.4) is 0 Å². The zero-order valence-electron chi connectivity index (χ0n) is 25.0. The summed E-state index contributed by atoms with van der Waals surface area (Å²) >= 11 is 3.25. The lowest BCUT2D eigenvalue weighted by atomic mass is 10.0. The molecule has 0 atom stereocenters. The maximum Gasteiger partial charge on any atom is 0.137 e. The number of pyridine rings is 2. The molecular formula is C40H38BrN3. The quantitative estimate of drug-likeness (QED) is 0.167. The van der Waals surface area contributed by atoms with Crippen molar-refractivity contribution in [3.63, 3.8) is 0 Å². The van der Waals surface area contributed by atoms with Crippen LogP contribution in [0.4, 0.5) is 0 Å². The minimum atomic E-state index is 0. The fourth-order valence-corrected chi connectivity index (χ4v) is 6.22. The monoisotopic (exact) mass is 639 g/mol. The Hall–Kier alpha value is -4.54. The molecule has 0 spiro atoms. The highest BCUT2D eigenvalue weighted by atomic mass is 79.9. The number of aromatic nitrogens is 3. The number of hydrogen-bond acceptors (Lipinski definition) is 2. The first-order chi connectivity index (χ1) is 20.9. The van der Waals surface area contributed by atoms with Crippen molar-refractivity contribution in [1.82, 2.24) is 14.5 Å². The van der Waals surface area contributed by atoms with E-state index in [0.29, 0.717) is 0 Å². The summed E-state index contributed by atoms with van der Waals surface area (Å²) in [4.78, 5) is 8.53. The molecule has 0 amide bonds. The SMILES string of the molecule is C.Cc1ccc2c(c1)Cc1ccccc1-2.Cc1ccnc(-n2c3ccccc3c3ccc(C)cc32)c1.Cc1ccnc(Br)c1. The van der Waals surface area contributed by atoms with E-state index < -0.39 is 0 Å². The van der Waals surface area contributed by atoms with E-state index in [-0.39, 0.29) is 7.43 Å². The summed E-state index contributed by atoms with van der Waals surface area (Å²) in [6.45, 7) is 8.42. The van der Waals surface area contributed by atoms with Crippen LogP contribution in [0.5, 0.6) is 0 Å². The van der Waals surface area contributed by atoms with E-state index in [9.17, 15) is 0 Å². The van der Waals surface area contributed by atoms with Gasteiger partial charge in [0, 0.05) is 23.2 Å². The topological polar surface area (TPSA) is 30.7 Å². The van der Waals surface area contributed by atoms with Crippen molar-refractivity contribution in [2.75, 3.05) is 0 Å². The summed E-state index contributed by atoms with van der Waals surface area (Å²) in [6.07, 6.45) is 4.76. The molecule has 0 radical (unpaired) electrons. The van der Waals surface area contributed by atoms with Gasteiger partial charge in [0.1, 0.15) is 10.4 Å². The molecule has 3 aromatic heterocycles. The van der Waals surface area contributed by atoms with Crippen LogP contribution >= 0.6 is 15.9 Å². The molecule has 0 aliphatic heterocycles. The van der Waals surface area contributed by atoms with Gasteiger partial charge in [0.2, 0.25) is 0 Å². The average molecular weight is 641 g/mol. The molecule has 0 unspecified atom stereocenters. The molecule has 0 N–H and O–H groups in total. The minimum Gasteiger partial charge on any atom is -0.294 e. The molecule has 0 saturated carbocycles. The van der Waals surface area contributed by atoms with Gasteiger partial charge in [0.15, 0.2) is 0 Å². The van der Waals surface area contributed by atoms with Gasteiger partial charge in [0.25, 0.3) is 0 Å². The van der Waals surface area contributed by atoms with Gasteiger partial charge < -0.3 is 0 Å². The van der Waals surface area contributed by atoms with E-state index >= 15 is 0 Å². The van der Waals surface area contributed by atoms with Gasteiger partial charge in [-0.05, 0) is 125 Å². The number of halogens is 1. The Balaban J connectivity index is 0.000000144. The predicted molar refractivity (Wildman–Crippen MR) is 191 cm³/mol. The third kappa shape index (κ3) is 6.51. The molecule has 1 aliphatic carbocycles. The van der Waals surface area contributed by atoms with Crippen LogP contribution in [0, 0.1) is 27.7 Å². The summed E-state index contributed by atoms with van der Waals surface area (Å²) < 4.78 is 3.16. The lowest BCUT2D eigenvalue weighted by Crippen LogP contribution is -1.97. The Bertz CT molecular complexity index is 2050. The fourth-order valence-electron chi connectivity index (χ4n) is 5.74. The van der Waals surface area contributed by atoms with Crippen molar-refractivity contribution in [3.8, 4) is 16.9 Å². The van der Waals surface area contributed by atoms with Crippen molar-refractivity contribution in [3.05, 3.63) is 160 Å². The molecule has 7 aromatic rings. The molecule has 0 fully saturated rings. The van der Waals surface area contributed by atoms with Crippen molar-refractivity contribution < 1.29 is 0 Å². The van der Waals surface area contributed by atoms with Crippen molar-refractivity contribution in [1.29, 1.82) is 0 Å². The summed E-state index contributed by atoms with van der Waals surface area (Å²) in [5, 5.41) is 2.55. The van der Waals surface area contributed by atoms with E-state index in [0.717, 1.165) is 16.8 Å². The van der Waals surface area contributed by atoms with Crippen LogP contribution in [-0.4, -0.2) is 14.5 Å². The summed E-state index contributed by atoms with van der Waals surface area (Å²) in [5.41, 5.74) is 13.3. The normalized spacial score (nSPS) is 11.0. The van der Waals surface area contributed by atoms with Gasteiger partial charge in [-0.3, -0.25) is 4.57 Å². The number of fused-ring (bicyclic) bond motifs is 6. The maximum atomic E-state index is 4.57. The molecule has 4 heteroatoms. The van der Waals surface area contributed by atoms with E-state index in [1.54, 1.807) is 6.20 Å². The molecule has 0 bridgehead atoms. The van der Waals surface area contributed by atoms with Crippen molar-refractivity contribution in [2.45, 2.75) is 41.5 Å². The molecule has 1 aliphatic rings. The molecule has 4 aromatic carbocycles. The van der Waals surface area contributed by atoms with E-state index in [4.69, 9.17) is 0 Å². The number of aryl methyl sites for hydroxylation is 4. The van der Waals surface area contributed by atoms with Gasteiger partial charge in [-0.25, -0.2) is 9.97 Å². The smallest absolute Gasteiger partial charge is 0.137 e. The molecule has 3 heterocycles. The number of benzene rings is 4. The number of rotatable bonds is 1. The predicted octanol–water partition coefficient (Wildman–Crippen LogP) is 11.2. The van der Waals surface area contributed by atoms with Crippen LogP contribution < -0.4 is 0 Å². The molecule has 220 valence electrons. The second-order valence-electron chi connectivity index (χ2n) is 11.2. The van der Waals surface area contributed by atoms with Crippen LogP contribution in [0.15, 0.2) is 126 Å². The van der Waals surface area contributed by atoms with Gasteiger partial charge in [-0.2, -0.15) is 0 Å². The fraction of sp³-hybridized carbons (Fsp3) is 0.150. The number of hydrogen-bond donors (Lipinski definition) is 0. The van der Waals surface area contributed by atoms with Crippen LogP contribution in [0.25, 0.3) is 38.8 Å². The highest BCUT2D eigenvalue weighted by Crippen LogP contribution is 2.36. The first-order valence-corrected chi connectivity index (χ1v) is 15.4. The summed E-state index contributed by atoms with van der Waals surface area (Å²) in [5.74, 6) is 0.979. The second kappa shape index (κ2) is 13.4. The maximum absolute atomic E-state index is 4.57. The molecule has 0 saturated heterocycles. The largest absolute Gasteiger partial charge is 0.294 e. The van der Waals surface area contributed by atoms with Crippen molar-refractivity contribution in [2.24, 2.45) is 0 Å². The first kappa shape index (κ1) is 30.9. The second-order valence-corrected chi connectivity index (χ2v) is 12.0. The lowest BCUT2D eigenvalue weighted by Gasteiger charge is -2.07. The van der Waals surface area contributed by atoms with Gasteiger partial charge >= 0.3 is 0 Å². The van der Waals surface area contributed by atoms with Crippen LogP contribution in [0.2, 0.25) is 0 Å². The van der Waals surface area contributed by atoms with E-state index in [2.05, 4.69) is 142 Å². The third-order valence-electron chi connectivity index (χ3n) is 7.79. The zero-order valence-corrected chi connectivity index (χ0v) is 26.6. The van der Waals surface area contributed by atoms with Gasteiger partial charge in [-0.15, -0.1) is 0 Å². The Morgan fingerprint density at radius 3 is 1.91 bits per heavy atom. The molecule has 3 nitrogen and oxygen atoms in total. The highest BCUT2D eigenvalue weighted by molar-refractivity contribution is 9.10. The first-order valence-electron chi connectivity index (χ1n) is 14.6. The molecular weight excluding hydrogens is 602 g/mol. The Morgan fingerprint density at radius 2 is 1.16 bits per heavy atom. The van der Waals surface area contributed by atoms with Gasteiger partial charge in [-0.1, -0.05) is 85.8 Å². The van der Waals surface area contributed by atoms with Crippen LogP contribution in [-0.2, 0) is 6.42 Å². The van der Waals surface area contributed by atoms with Gasteiger partial charge in [0.05, 0.1) is 11.0 Å².